The molecule has 6 nitrogen and oxygen atoms in total. The van der Waals surface area contributed by atoms with E-state index in [2.05, 4.69) is 19.4 Å². The standard InChI is InChI=1S/C11H14N2O4S/c1-7(10(14)16-2)6-18-8-4-5-12-9(13-8)11(15)17-3/h4-5,7H,6H2,1-3H3. The van der Waals surface area contributed by atoms with Gasteiger partial charge < -0.3 is 9.47 Å². The Hall–Kier alpha value is -1.63. The largest absolute Gasteiger partial charge is 0.469 e. The lowest BCUT2D eigenvalue weighted by Gasteiger charge is -2.08. The highest BCUT2D eigenvalue weighted by Gasteiger charge is 2.15. The number of hydrogen-bond acceptors (Lipinski definition) is 7. The Labute approximate surface area is 109 Å². The van der Waals surface area contributed by atoms with Gasteiger partial charge in [0.15, 0.2) is 0 Å². The molecule has 0 fully saturated rings. The number of rotatable bonds is 5. The number of thioether (sulfide) groups is 1. The average Bonchev–Trinajstić information content (AvgIpc) is 2.43. The Bertz CT molecular complexity index is 439. The van der Waals surface area contributed by atoms with E-state index in [0.717, 1.165) is 0 Å². The van der Waals surface area contributed by atoms with Gasteiger partial charge in [-0.25, -0.2) is 14.8 Å². The third-order valence-corrected chi connectivity index (χ3v) is 3.27. The Morgan fingerprint density at radius 3 is 2.72 bits per heavy atom. The van der Waals surface area contributed by atoms with Crippen LogP contribution in [0.25, 0.3) is 0 Å². The van der Waals surface area contributed by atoms with E-state index in [0.29, 0.717) is 10.8 Å². The minimum absolute atomic E-state index is 0.00761. The molecule has 7 heteroatoms. The summed E-state index contributed by atoms with van der Waals surface area (Å²) in [5.41, 5.74) is 0. The summed E-state index contributed by atoms with van der Waals surface area (Å²) >= 11 is 1.35. The zero-order valence-electron chi connectivity index (χ0n) is 10.4. The number of carbonyl (C=O) groups is 2. The van der Waals surface area contributed by atoms with Crippen molar-refractivity contribution in [3.8, 4) is 0 Å². The van der Waals surface area contributed by atoms with Gasteiger partial charge in [-0.1, -0.05) is 6.92 Å². The van der Waals surface area contributed by atoms with Crippen LogP contribution in [0.15, 0.2) is 17.3 Å². The van der Waals surface area contributed by atoms with Crippen molar-refractivity contribution in [3.63, 3.8) is 0 Å². The van der Waals surface area contributed by atoms with Gasteiger partial charge in [0.2, 0.25) is 5.82 Å². The molecule has 1 aromatic rings. The van der Waals surface area contributed by atoms with Gasteiger partial charge in [0.1, 0.15) is 5.03 Å². The maximum Gasteiger partial charge on any atom is 0.376 e. The lowest BCUT2D eigenvalue weighted by atomic mass is 10.2. The molecule has 1 unspecified atom stereocenters. The topological polar surface area (TPSA) is 78.4 Å². The number of ether oxygens (including phenoxy) is 2. The second kappa shape index (κ2) is 6.95. The van der Waals surface area contributed by atoms with Crippen LogP contribution in [0, 0.1) is 5.92 Å². The molecule has 18 heavy (non-hydrogen) atoms. The van der Waals surface area contributed by atoms with Crippen molar-refractivity contribution in [2.24, 2.45) is 5.92 Å². The van der Waals surface area contributed by atoms with Gasteiger partial charge in [-0.05, 0) is 6.07 Å². The van der Waals surface area contributed by atoms with Gasteiger partial charge >= 0.3 is 11.9 Å². The molecule has 1 rings (SSSR count). The lowest BCUT2D eigenvalue weighted by Crippen LogP contribution is -2.15. The van der Waals surface area contributed by atoms with Gasteiger partial charge in [-0.15, -0.1) is 11.8 Å². The van der Waals surface area contributed by atoms with Crippen molar-refractivity contribution >= 4 is 23.7 Å². The van der Waals surface area contributed by atoms with Crippen molar-refractivity contribution in [1.82, 2.24) is 9.97 Å². The zero-order chi connectivity index (χ0) is 13.5. The summed E-state index contributed by atoms with van der Waals surface area (Å²) < 4.78 is 9.15. The first-order valence-corrected chi connectivity index (χ1v) is 6.19. The number of hydrogen-bond donors (Lipinski definition) is 0. The molecule has 0 saturated carbocycles. The second-order valence-corrected chi connectivity index (χ2v) is 4.49. The number of carbonyl (C=O) groups excluding carboxylic acids is 2. The fraction of sp³-hybridized carbons (Fsp3) is 0.455. The summed E-state index contributed by atoms with van der Waals surface area (Å²) in [6, 6.07) is 1.67. The highest BCUT2D eigenvalue weighted by Crippen LogP contribution is 2.18. The van der Waals surface area contributed by atoms with Crippen LogP contribution in [0.5, 0.6) is 0 Å². The van der Waals surface area contributed by atoms with Crippen molar-refractivity contribution < 1.29 is 19.1 Å². The van der Waals surface area contributed by atoms with E-state index >= 15 is 0 Å². The average molecular weight is 270 g/mol. The maximum atomic E-state index is 11.2. The lowest BCUT2D eigenvalue weighted by molar-refractivity contribution is -0.143. The molecule has 1 atom stereocenters. The normalized spacial score (nSPS) is 11.7. The van der Waals surface area contributed by atoms with Gasteiger partial charge in [-0.2, -0.15) is 0 Å². The van der Waals surface area contributed by atoms with E-state index in [1.54, 1.807) is 13.0 Å². The van der Waals surface area contributed by atoms with E-state index in [9.17, 15) is 9.59 Å². The quantitative estimate of drug-likeness (QED) is 0.451. The Kier molecular flexibility index (Phi) is 5.57. The predicted molar refractivity (Wildman–Crippen MR) is 65.3 cm³/mol. The predicted octanol–water partition coefficient (Wildman–Crippen LogP) is 1.16. The summed E-state index contributed by atoms with van der Waals surface area (Å²) in [6.45, 7) is 1.77. The molecule has 0 aliphatic rings. The van der Waals surface area contributed by atoms with Crippen LogP contribution in [0.3, 0.4) is 0 Å². The molecule has 1 aromatic heterocycles. The second-order valence-electron chi connectivity index (χ2n) is 3.45. The van der Waals surface area contributed by atoms with Crippen LogP contribution in [0.4, 0.5) is 0 Å². The zero-order valence-corrected chi connectivity index (χ0v) is 11.2. The molecule has 0 bridgehead atoms. The van der Waals surface area contributed by atoms with Gasteiger partial charge in [0.25, 0.3) is 0 Å². The Balaban J connectivity index is 2.63. The fourth-order valence-corrected chi connectivity index (χ4v) is 1.96. The van der Waals surface area contributed by atoms with Crippen molar-refractivity contribution in [3.05, 3.63) is 18.1 Å². The molecular weight excluding hydrogens is 256 g/mol. The third-order valence-electron chi connectivity index (χ3n) is 2.08. The molecule has 0 radical (unpaired) electrons. The first-order chi connectivity index (χ1) is 8.58. The van der Waals surface area contributed by atoms with Crippen LogP contribution in [-0.2, 0) is 14.3 Å². The highest BCUT2D eigenvalue weighted by molar-refractivity contribution is 7.99. The molecular formula is C11H14N2O4S. The molecule has 0 saturated heterocycles. The summed E-state index contributed by atoms with van der Waals surface area (Å²) in [5, 5.41) is 0.612. The molecule has 1 heterocycles. The van der Waals surface area contributed by atoms with Crippen LogP contribution >= 0.6 is 11.8 Å². The molecule has 0 aliphatic heterocycles. The highest BCUT2D eigenvalue weighted by atomic mass is 32.2. The first kappa shape index (κ1) is 14.4. The third kappa shape index (κ3) is 3.99. The molecule has 0 N–H and O–H groups in total. The van der Waals surface area contributed by atoms with Crippen LogP contribution < -0.4 is 0 Å². The van der Waals surface area contributed by atoms with Crippen LogP contribution in [-0.4, -0.2) is 41.9 Å². The maximum absolute atomic E-state index is 11.2. The van der Waals surface area contributed by atoms with Gasteiger partial charge in [-0.3, -0.25) is 4.79 Å². The van der Waals surface area contributed by atoms with E-state index < -0.39 is 5.97 Å². The van der Waals surface area contributed by atoms with E-state index in [-0.39, 0.29) is 17.7 Å². The van der Waals surface area contributed by atoms with Crippen molar-refractivity contribution in [2.45, 2.75) is 11.9 Å². The first-order valence-electron chi connectivity index (χ1n) is 5.20. The molecule has 0 amide bonds. The Morgan fingerprint density at radius 1 is 1.39 bits per heavy atom. The van der Waals surface area contributed by atoms with Crippen LogP contribution in [0.1, 0.15) is 17.5 Å². The minimum atomic E-state index is -0.585. The Morgan fingerprint density at radius 2 is 2.11 bits per heavy atom. The summed E-state index contributed by atoms with van der Waals surface area (Å²) in [4.78, 5) is 30.3. The van der Waals surface area contributed by atoms with E-state index in [4.69, 9.17) is 0 Å². The number of methoxy groups -OCH3 is 2. The molecule has 0 spiro atoms. The number of aromatic nitrogens is 2. The van der Waals surface area contributed by atoms with Gasteiger partial charge in [0, 0.05) is 11.9 Å². The van der Waals surface area contributed by atoms with Crippen molar-refractivity contribution in [1.29, 1.82) is 0 Å². The number of nitrogens with zero attached hydrogens (tertiary/aromatic N) is 2. The molecule has 0 aromatic carbocycles. The van der Waals surface area contributed by atoms with E-state index in [1.807, 2.05) is 0 Å². The molecule has 98 valence electrons. The summed E-state index contributed by atoms with van der Waals surface area (Å²) in [7, 11) is 2.62. The van der Waals surface area contributed by atoms with Gasteiger partial charge in [0.05, 0.1) is 20.1 Å². The number of esters is 2. The molecule has 0 aliphatic carbocycles. The monoisotopic (exact) mass is 270 g/mol. The smallest absolute Gasteiger partial charge is 0.376 e. The van der Waals surface area contributed by atoms with Crippen molar-refractivity contribution in [2.75, 3.05) is 20.0 Å². The van der Waals surface area contributed by atoms with Crippen LogP contribution in [0.2, 0.25) is 0 Å². The fourth-order valence-electron chi connectivity index (χ4n) is 1.09. The van der Waals surface area contributed by atoms with E-state index in [1.165, 1.54) is 32.2 Å². The summed E-state index contributed by atoms with van der Waals surface area (Å²) in [6.07, 6.45) is 1.48. The summed E-state index contributed by atoms with van der Waals surface area (Å²) in [5.74, 6) is -0.572. The SMILES string of the molecule is COC(=O)c1nccc(SCC(C)C(=O)OC)n1. The minimum Gasteiger partial charge on any atom is -0.469 e.